The molecule has 1 aromatic carbocycles. The zero-order valence-electron chi connectivity index (χ0n) is 11.1. The first kappa shape index (κ1) is 12.4. The van der Waals surface area contributed by atoms with E-state index in [-0.39, 0.29) is 0 Å². The maximum Gasteiger partial charge on any atom is 0.124 e. The molecule has 1 aliphatic heterocycles. The lowest BCUT2D eigenvalue weighted by molar-refractivity contribution is 0.161. The first-order valence-electron chi connectivity index (χ1n) is 6.60. The van der Waals surface area contributed by atoms with Crippen LogP contribution in [-0.4, -0.2) is 25.1 Å². The van der Waals surface area contributed by atoms with Crippen LogP contribution in [-0.2, 0) is 0 Å². The molecule has 0 fully saturated rings. The Morgan fingerprint density at radius 1 is 1.35 bits per heavy atom. The number of hydrogen-bond donors (Lipinski definition) is 0. The number of hydrogen-bond acceptors (Lipinski definition) is 2. The third kappa shape index (κ3) is 3.01. The zero-order chi connectivity index (χ0) is 12.3. The number of fused-ring (bicyclic) bond motifs is 1. The molecule has 0 N–H and O–H groups in total. The molecule has 0 spiro atoms. The van der Waals surface area contributed by atoms with Crippen molar-refractivity contribution in [2.45, 2.75) is 32.7 Å². The van der Waals surface area contributed by atoms with Gasteiger partial charge in [0.1, 0.15) is 5.75 Å². The predicted molar refractivity (Wildman–Crippen MR) is 71.4 cm³/mol. The van der Waals surface area contributed by atoms with E-state index < -0.39 is 0 Å². The molecule has 1 aromatic rings. The molecule has 0 saturated heterocycles. The molecule has 0 bridgehead atoms. The van der Waals surface area contributed by atoms with Crippen LogP contribution in [0.2, 0.25) is 0 Å². The quantitative estimate of drug-likeness (QED) is 0.789. The SMILES string of the molecule is CC(C)CCN(C)C1CCOc2ccccc21. The molecular formula is C15H23NO. The third-order valence-electron chi connectivity index (χ3n) is 3.52. The maximum atomic E-state index is 5.70. The smallest absolute Gasteiger partial charge is 0.124 e. The van der Waals surface area contributed by atoms with Crippen LogP contribution in [0, 0.1) is 5.92 Å². The summed E-state index contributed by atoms with van der Waals surface area (Å²) < 4.78 is 5.70. The first-order valence-corrected chi connectivity index (χ1v) is 6.60. The minimum absolute atomic E-state index is 0.527. The van der Waals surface area contributed by atoms with Crippen molar-refractivity contribution in [2.24, 2.45) is 5.92 Å². The van der Waals surface area contributed by atoms with E-state index in [1.54, 1.807) is 0 Å². The van der Waals surface area contributed by atoms with Gasteiger partial charge in [-0.2, -0.15) is 0 Å². The number of rotatable bonds is 4. The van der Waals surface area contributed by atoms with Crippen LogP contribution in [0.4, 0.5) is 0 Å². The van der Waals surface area contributed by atoms with Gasteiger partial charge in [-0.05, 0) is 32.0 Å². The molecule has 2 heteroatoms. The van der Waals surface area contributed by atoms with E-state index in [9.17, 15) is 0 Å². The number of ether oxygens (including phenoxy) is 1. The fourth-order valence-electron chi connectivity index (χ4n) is 2.40. The molecule has 94 valence electrons. The molecule has 1 heterocycles. The van der Waals surface area contributed by atoms with Crippen molar-refractivity contribution in [3.05, 3.63) is 29.8 Å². The molecule has 2 nitrogen and oxygen atoms in total. The molecule has 0 saturated carbocycles. The standard InChI is InChI=1S/C15H23NO/c1-12(2)8-10-16(3)14-9-11-17-15-7-5-4-6-13(14)15/h4-7,12,14H,8-11H2,1-3H3. The van der Waals surface area contributed by atoms with E-state index in [4.69, 9.17) is 4.74 Å². The second-order valence-electron chi connectivity index (χ2n) is 5.35. The maximum absolute atomic E-state index is 5.70. The summed E-state index contributed by atoms with van der Waals surface area (Å²) in [5.74, 6) is 1.84. The fraction of sp³-hybridized carbons (Fsp3) is 0.600. The third-order valence-corrected chi connectivity index (χ3v) is 3.52. The van der Waals surface area contributed by atoms with Gasteiger partial charge in [0.2, 0.25) is 0 Å². The van der Waals surface area contributed by atoms with Gasteiger partial charge in [0.25, 0.3) is 0 Å². The number of benzene rings is 1. The van der Waals surface area contributed by atoms with Crippen molar-refractivity contribution < 1.29 is 4.74 Å². The van der Waals surface area contributed by atoms with Gasteiger partial charge in [-0.15, -0.1) is 0 Å². The lowest BCUT2D eigenvalue weighted by Crippen LogP contribution is -2.30. The predicted octanol–water partition coefficient (Wildman–Crippen LogP) is 3.49. The fourth-order valence-corrected chi connectivity index (χ4v) is 2.40. The topological polar surface area (TPSA) is 12.5 Å². The summed E-state index contributed by atoms with van der Waals surface area (Å²) in [4.78, 5) is 2.47. The van der Waals surface area contributed by atoms with Crippen LogP contribution in [0.3, 0.4) is 0 Å². The molecule has 0 aromatic heterocycles. The van der Waals surface area contributed by atoms with Crippen LogP contribution in [0.15, 0.2) is 24.3 Å². The number of nitrogens with zero attached hydrogens (tertiary/aromatic N) is 1. The summed E-state index contributed by atoms with van der Waals surface area (Å²) in [5.41, 5.74) is 1.35. The van der Waals surface area contributed by atoms with Crippen molar-refractivity contribution in [1.82, 2.24) is 4.90 Å². The van der Waals surface area contributed by atoms with Crippen LogP contribution >= 0.6 is 0 Å². The van der Waals surface area contributed by atoms with Gasteiger partial charge in [0, 0.05) is 18.0 Å². The van der Waals surface area contributed by atoms with Gasteiger partial charge in [0.05, 0.1) is 6.61 Å². The Bertz CT molecular complexity index is 362. The summed E-state index contributed by atoms with van der Waals surface area (Å²) in [5, 5.41) is 0. The Morgan fingerprint density at radius 3 is 2.88 bits per heavy atom. The normalized spacial score (nSPS) is 19.2. The van der Waals surface area contributed by atoms with Crippen LogP contribution in [0.5, 0.6) is 5.75 Å². The molecule has 1 atom stereocenters. The van der Waals surface area contributed by atoms with Crippen molar-refractivity contribution >= 4 is 0 Å². The summed E-state index contributed by atoms with van der Waals surface area (Å²) in [6, 6.07) is 8.97. The largest absolute Gasteiger partial charge is 0.493 e. The van der Waals surface area contributed by atoms with Crippen LogP contribution < -0.4 is 4.74 Å². The van der Waals surface area contributed by atoms with Gasteiger partial charge in [-0.3, -0.25) is 4.90 Å². The van der Waals surface area contributed by atoms with E-state index in [0.717, 1.165) is 31.2 Å². The van der Waals surface area contributed by atoms with Crippen molar-refractivity contribution in [3.63, 3.8) is 0 Å². The highest BCUT2D eigenvalue weighted by molar-refractivity contribution is 5.37. The lowest BCUT2D eigenvalue weighted by Gasteiger charge is -2.33. The molecular weight excluding hydrogens is 210 g/mol. The van der Waals surface area contributed by atoms with Gasteiger partial charge < -0.3 is 4.74 Å². The Labute approximate surface area is 105 Å². The Morgan fingerprint density at radius 2 is 2.12 bits per heavy atom. The van der Waals surface area contributed by atoms with E-state index in [1.807, 2.05) is 0 Å². The summed E-state index contributed by atoms with van der Waals surface area (Å²) in [7, 11) is 2.23. The van der Waals surface area contributed by atoms with E-state index in [2.05, 4.69) is 50.1 Å². The zero-order valence-corrected chi connectivity index (χ0v) is 11.1. The van der Waals surface area contributed by atoms with E-state index in [1.165, 1.54) is 12.0 Å². The van der Waals surface area contributed by atoms with Crippen molar-refractivity contribution in [1.29, 1.82) is 0 Å². The molecule has 17 heavy (non-hydrogen) atoms. The minimum Gasteiger partial charge on any atom is -0.493 e. The van der Waals surface area contributed by atoms with Gasteiger partial charge >= 0.3 is 0 Å². The van der Waals surface area contributed by atoms with Crippen molar-refractivity contribution in [2.75, 3.05) is 20.2 Å². The highest BCUT2D eigenvalue weighted by Crippen LogP contribution is 2.35. The van der Waals surface area contributed by atoms with Crippen LogP contribution in [0.1, 0.15) is 38.3 Å². The molecule has 1 unspecified atom stereocenters. The minimum atomic E-state index is 0.527. The Balaban J connectivity index is 2.07. The van der Waals surface area contributed by atoms with E-state index >= 15 is 0 Å². The second kappa shape index (κ2) is 5.54. The second-order valence-corrected chi connectivity index (χ2v) is 5.35. The molecule has 0 radical (unpaired) electrons. The molecule has 2 rings (SSSR count). The highest BCUT2D eigenvalue weighted by atomic mass is 16.5. The van der Waals surface area contributed by atoms with Gasteiger partial charge in [-0.1, -0.05) is 32.0 Å². The van der Waals surface area contributed by atoms with Gasteiger partial charge in [-0.25, -0.2) is 0 Å². The molecule has 0 amide bonds. The summed E-state index contributed by atoms with van der Waals surface area (Å²) >= 11 is 0. The number of para-hydroxylation sites is 1. The monoisotopic (exact) mass is 233 g/mol. The average molecular weight is 233 g/mol. The molecule has 0 aliphatic carbocycles. The highest BCUT2D eigenvalue weighted by Gasteiger charge is 2.24. The molecule has 1 aliphatic rings. The summed E-state index contributed by atoms with van der Waals surface area (Å²) in [6.07, 6.45) is 2.36. The average Bonchev–Trinajstić information content (AvgIpc) is 2.35. The van der Waals surface area contributed by atoms with Gasteiger partial charge in [0.15, 0.2) is 0 Å². The van der Waals surface area contributed by atoms with Crippen LogP contribution in [0.25, 0.3) is 0 Å². The van der Waals surface area contributed by atoms with Crippen molar-refractivity contribution in [3.8, 4) is 5.75 Å². The lowest BCUT2D eigenvalue weighted by atomic mass is 9.98. The first-order chi connectivity index (χ1) is 8.18. The summed E-state index contributed by atoms with van der Waals surface area (Å²) in [6.45, 7) is 6.57. The Kier molecular flexibility index (Phi) is 4.06. The van der Waals surface area contributed by atoms with E-state index in [0.29, 0.717) is 6.04 Å². The Hall–Kier alpha value is -1.02.